The van der Waals surface area contributed by atoms with E-state index in [2.05, 4.69) is 9.97 Å². The summed E-state index contributed by atoms with van der Waals surface area (Å²) in [6.07, 6.45) is -2.61. The number of benzene rings is 1. The molecule has 1 aromatic heterocycles. The quantitative estimate of drug-likeness (QED) is 0.567. The third-order valence-corrected chi connectivity index (χ3v) is 2.70. The molecular weight excluding hydrogens is 236 g/mol. The van der Waals surface area contributed by atoms with E-state index in [1.54, 1.807) is 24.3 Å². The normalized spacial score (nSPS) is 14.6. The van der Waals surface area contributed by atoms with Gasteiger partial charge in [-0.15, -0.1) is 0 Å². The van der Waals surface area contributed by atoms with Crippen molar-refractivity contribution in [1.82, 2.24) is 9.97 Å². The van der Waals surface area contributed by atoms with Crippen LogP contribution < -0.4 is 5.56 Å². The zero-order valence-electron chi connectivity index (χ0n) is 9.58. The van der Waals surface area contributed by atoms with Gasteiger partial charge in [-0.05, 0) is 12.1 Å². The molecule has 0 saturated heterocycles. The summed E-state index contributed by atoms with van der Waals surface area (Å²) in [5.41, 5.74) is 0.952. The number of aliphatic hydroxyl groups excluding tert-OH is 3. The van der Waals surface area contributed by atoms with E-state index in [0.29, 0.717) is 11.0 Å². The van der Waals surface area contributed by atoms with E-state index in [-0.39, 0.29) is 12.1 Å². The molecule has 0 fully saturated rings. The van der Waals surface area contributed by atoms with Crippen molar-refractivity contribution in [3.63, 3.8) is 0 Å². The van der Waals surface area contributed by atoms with E-state index in [0.717, 1.165) is 0 Å². The molecule has 1 heterocycles. The molecule has 0 radical (unpaired) electrons. The van der Waals surface area contributed by atoms with Crippen LogP contribution >= 0.6 is 0 Å². The summed E-state index contributed by atoms with van der Waals surface area (Å²) in [4.78, 5) is 18.5. The molecule has 0 aliphatic rings. The van der Waals surface area contributed by atoms with Crippen LogP contribution in [-0.2, 0) is 6.42 Å². The summed E-state index contributed by atoms with van der Waals surface area (Å²) in [5, 5.41) is 27.5. The van der Waals surface area contributed by atoms with Crippen LogP contribution in [-0.4, -0.2) is 44.1 Å². The molecule has 6 nitrogen and oxygen atoms in total. The first-order valence-electron chi connectivity index (χ1n) is 5.56. The monoisotopic (exact) mass is 250 g/mol. The molecule has 1 aromatic carbocycles. The summed E-state index contributed by atoms with van der Waals surface area (Å²) < 4.78 is 0. The Labute approximate surface area is 103 Å². The van der Waals surface area contributed by atoms with Crippen molar-refractivity contribution in [2.45, 2.75) is 18.6 Å². The fourth-order valence-corrected chi connectivity index (χ4v) is 1.66. The number of hydrogen-bond donors (Lipinski definition) is 4. The maximum Gasteiger partial charge on any atom is 0.270 e. The highest BCUT2D eigenvalue weighted by Crippen LogP contribution is 2.07. The predicted octanol–water partition coefficient (Wildman–Crippen LogP) is -0.820. The number of nitrogens with zero attached hydrogens (tertiary/aromatic N) is 1. The van der Waals surface area contributed by atoms with Crippen molar-refractivity contribution in [2.24, 2.45) is 0 Å². The van der Waals surface area contributed by atoms with E-state index >= 15 is 0 Å². The average Bonchev–Trinajstić information content (AvgIpc) is 2.38. The highest BCUT2D eigenvalue weighted by atomic mass is 16.4. The Balaban J connectivity index is 2.33. The standard InChI is InChI=1S/C12H14N2O4/c15-6-11(17)10(16)5-9-12(18)14-8-4-2-1-3-7(8)13-9/h1-4,10-11,15-17H,5-6H2,(H,14,18)/t10-,11+/m1/s1. The molecule has 2 aromatic rings. The molecule has 0 amide bonds. The zero-order chi connectivity index (χ0) is 13.1. The number of para-hydroxylation sites is 2. The van der Waals surface area contributed by atoms with Gasteiger partial charge < -0.3 is 20.3 Å². The van der Waals surface area contributed by atoms with Gasteiger partial charge in [0.15, 0.2) is 0 Å². The third kappa shape index (κ3) is 2.56. The molecule has 6 heteroatoms. The SMILES string of the molecule is O=c1[nH]c2ccccc2nc1C[C@@H](O)[C@@H](O)CO. The van der Waals surface area contributed by atoms with Gasteiger partial charge in [0.1, 0.15) is 11.8 Å². The van der Waals surface area contributed by atoms with E-state index in [1.165, 1.54) is 0 Å². The van der Waals surface area contributed by atoms with Gasteiger partial charge in [-0.2, -0.15) is 0 Å². The van der Waals surface area contributed by atoms with E-state index < -0.39 is 24.4 Å². The number of aromatic amines is 1. The number of fused-ring (bicyclic) bond motifs is 1. The first-order chi connectivity index (χ1) is 8.61. The van der Waals surface area contributed by atoms with Crippen molar-refractivity contribution in [3.05, 3.63) is 40.3 Å². The van der Waals surface area contributed by atoms with Gasteiger partial charge in [-0.1, -0.05) is 12.1 Å². The van der Waals surface area contributed by atoms with Crippen molar-refractivity contribution in [1.29, 1.82) is 0 Å². The Morgan fingerprint density at radius 1 is 1.22 bits per heavy atom. The Bertz CT molecular complexity index is 596. The summed E-state index contributed by atoms with van der Waals surface area (Å²) >= 11 is 0. The lowest BCUT2D eigenvalue weighted by Gasteiger charge is -2.14. The zero-order valence-corrected chi connectivity index (χ0v) is 9.58. The van der Waals surface area contributed by atoms with Gasteiger partial charge in [0.2, 0.25) is 0 Å². The first-order valence-corrected chi connectivity index (χ1v) is 5.56. The van der Waals surface area contributed by atoms with Crippen LogP contribution in [0.1, 0.15) is 5.69 Å². The van der Waals surface area contributed by atoms with Crippen molar-refractivity contribution >= 4 is 11.0 Å². The smallest absolute Gasteiger partial charge is 0.270 e. The summed E-state index contributed by atoms with van der Waals surface area (Å²) in [6, 6.07) is 7.04. The third-order valence-electron chi connectivity index (χ3n) is 2.70. The molecule has 0 saturated carbocycles. The highest BCUT2D eigenvalue weighted by molar-refractivity contribution is 5.73. The van der Waals surface area contributed by atoms with Crippen LogP contribution in [0.3, 0.4) is 0 Å². The maximum atomic E-state index is 11.7. The van der Waals surface area contributed by atoms with Crippen LogP contribution in [0.25, 0.3) is 11.0 Å². The molecule has 0 aliphatic heterocycles. The maximum absolute atomic E-state index is 11.7. The van der Waals surface area contributed by atoms with Gasteiger partial charge in [-0.3, -0.25) is 4.79 Å². The predicted molar refractivity (Wildman–Crippen MR) is 65.2 cm³/mol. The van der Waals surface area contributed by atoms with Crippen LogP contribution in [0.15, 0.2) is 29.1 Å². The van der Waals surface area contributed by atoms with Crippen molar-refractivity contribution < 1.29 is 15.3 Å². The largest absolute Gasteiger partial charge is 0.394 e. The van der Waals surface area contributed by atoms with E-state index in [4.69, 9.17) is 5.11 Å². The minimum absolute atomic E-state index is 0.109. The summed E-state index contributed by atoms with van der Waals surface area (Å²) in [5.74, 6) is 0. The second kappa shape index (κ2) is 5.26. The Morgan fingerprint density at radius 2 is 1.94 bits per heavy atom. The second-order valence-corrected chi connectivity index (χ2v) is 4.05. The number of rotatable bonds is 4. The Morgan fingerprint density at radius 3 is 2.67 bits per heavy atom. The Kier molecular flexibility index (Phi) is 3.71. The number of nitrogens with one attached hydrogen (secondary N) is 1. The fraction of sp³-hybridized carbons (Fsp3) is 0.333. The molecule has 4 N–H and O–H groups in total. The average molecular weight is 250 g/mol. The summed E-state index contributed by atoms with van der Waals surface area (Å²) in [7, 11) is 0. The molecule has 2 rings (SSSR count). The lowest BCUT2D eigenvalue weighted by molar-refractivity contribution is -0.0137. The second-order valence-electron chi connectivity index (χ2n) is 4.05. The first kappa shape index (κ1) is 12.7. The molecule has 0 bridgehead atoms. The van der Waals surface area contributed by atoms with Crippen molar-refractivity contribution in [2.75, 3.05) is 6.61 Å². The number of H-pyrrole nitrogens is 1. The van der Waals surface area contributed by atoms with Gasteiger partial charge in [-0.25, -0.2) is 4.98 Å². The van der Waals surface area contributed by atoms with Gasteiger partial charge >= 0.3 is 0 Å². The minimum atomic E-state index is -1.28. The van der Waals surface area contributed by atoms with Gasteiger partial charge in [0, 0.05) is 6.42 Å². The highest BCUT2D eigenvalue weighted by Gasteiger charge is 2.18. The van der Waals surface area contributed by atoms with Gasteiger partial charge in [0.25, 0.3) is 5.56 Å². The molecule has 18 heavy (non-hydrogen) atoms. The number of hydrogen-bond acceptors (Lipinski definition) is 5. The number of aromatic nitrogens is 2. The molecule has 0 spiro atoms. The van der Waals surface area contributed by atoms with E-state index in [1.807, 2.05) is 0 Å². The van der Waals surface area contributed by atoms with Crippen LogP contribution in [0.2, 0.25) is 0 Å². The number of aliphatic hydroxyl groups is 3. The topological polar surface area (TPSA) is 106 Å². The lowest BCUT2D eigenvalue weighted by Crippen LogP contribution is -2.33. The van der Waals surface area contributed by atoms with Gasteiger partial charge in [0.05, 0.1) is 23.7 Å². The minimum Gasteiger partial charge on any atom is -0.394 e. The molecule has 96 valence electrons. The van der Waals surface area contributed by atoms with Crippen LogP contribution in [0, 0.1) is 0 Å². The molecule has 2 atom stereocenters. The molecule has 0 unspecified atom stereocenters. The lowest BCUT2D eigenvalue weighted by atomic mass is 10.1. The summed E-state index contributed by atoms with van der Waals surface area (Å²) in [6.45, 7) is -0.563. The molecule has 0 aliphatic carbocycles. The molecular formula is C12H14N2O4. The van der Waals surface area contributed by atoms with Crippen LogP contribution in [0.5, 0.6) is 0 Å². The van der Waals surface area contributed by atoms with Crippen molar-refractivity contribution in [3.8, 4) is 0 Å². The van der Waals surface area contributed by atoms with E-state index in [9.17, 15) is 15.0 Å². The van der Waals surface area contributed by atoms with Crippen LogP contribution in [0.4, 0.5) is 0 Å². The fourth-order valence-electron chi connectivity index (χ4n) is 1.66. The Hall–Kier alpha value is -1.76.